The number of ether oxygens (including phenoxy) is 1. The molecule has 1 amide bonds. The predicted molar refractivity (Wildman–Crippen MR) is 122 cm³/mol. The Labute approximate surface area is 184 Å². The molecule has 1 aromatic heterocycles. The average molecular weight is 431 g/mol. The Balaban J connectivity index is 1.69. The van der Waals surface area contributed by atoms with E-state index < -0.39 is 0 Å². The van der Waals surface area contributed by atoms with Gasteiger partial charge in [0.1, 0.15) is 5.75 Å². The lowest BCUT2D eigenvalue weighted by Crippen LogP contribution is -2.17. The monoisotopic (exact) mass is 430 g/mol. The molecule has 0 aliphatic rings. The molecule has 1 N–H and O–H groups in total. The highest BCUT2D eigenvalue weighted by Gasteiger charge is 2.18. The van der Waals surface area contributed by atoms with Crippen molar-refractivity contribution in [1.29, 1.82) is 0 Å². The van der Waals surface area contributed by atoms with Gasteiger partial charge in [-0.25, -0.2) is 0 Å². The van der Waals surface area contributed by atoms with Crippen LogP contribution in [-0.2, 0) is 0 Å². The maximum Gasteiger partial charge on any atom is 0.257 e. The molecule has 0 spiro atoms. The molecule has 1 heterocycles. The number of carbonyl (C=O) groups excluding carboxylic acids is 2. The van der Waals surface area contributed by atoms with Gasteiger partial charge in [0.15, 0.2) is 5.78 Å². The number of aromatic nitrogens is 1. The summed E-state index contributed by atoms with van der Waals surface area (Å²) < 4.78 is 5.24. The SMILES string of the molecule is COc1ccc2cc(C(=O)Nc3ccc(Cl)cc3C(=O)c3ccccc3)c(C)nc2c1. The molecule has 4 rings (SSSR count). The Kier molecular flexibility index (Phi) is 5.69. The van der Waals surface area contributed by atoms with Gasteiger partial charge in [-0.2, -0.15) is 0 Å². The Bertz CT molecular complexity index is 1300. The summed E-state index contributed by atoms with van der Waals surface area (Å²) in [6.45, 7) is 1.77. The number of benzene rings is 3. The summed E-state index contributed by atoms with van der Waals surface area (Å²) in [4.78, 5) is 30.6. The molecule has 0 saturated heterocycles. The fourth-order valence-corrected chi connectivity index (χ4v) is 3.52. The topological polar surface area (TPSA) is 68.3 Å². The molecule has 0 unspecified atom stereocenters. The maximum atomic E-state index is 13.1. The van der Waals surface area contributed by atoms with Gasteiger partial charge in [0.2, 0.25) is 0 Å². The Morgan fingerprint density at radius 1 is 0.935 bits per heavy atom. The summed E-state index contributed by atoms with van der Waals surface area (Å²) in [5.74, 6) is 0.118. The Hall–Kier alpha value is -3.70. The third kappa shape index (κ3) is 4.27. The van der Waals surface area contributed by atoms with Crippen molar-refractivity contribution in [3.05, 3.63) is 100 Å². The lowest BCUT2D eigenvalue weighted by Gasteiger charge is -2.13. The zero-order chi connectivity index (χ0) is 22.0. The minimum Gasteiger partial charge on any atom is -0.497 e. The van der Waals surface area contributed by atoms with Crippen LogP contribution in [0.3, 0.4) is 0 Å². The minimum absolute atomic E-state index is 0.223. The van der Waals surface area contributed by atoms with Crippen molar-refractivity contribution in [2.24, 2.45) is 0 Å². The van der Waals surface area contributed by atoms with Gasteiger partial charge in [-0.3, -0.25) is 14.6 Å². The number of methoxy groups -OCH3 is 1. The van der Waals surface area contributed by atoms with Gasteiger partial charge in [0.25, 0.3) is 5.91 Å². The van der Waals surface area contributed by atoms with Gasteiger partial charge in [0, 0.05) is 27.6 Å². The van der Waals surface area contributed by atoms with E-state index in [0.29, 0.717) is 38.8 Å². The first-order chi connectivity index (χ1) is 15.0. The number of fused-ring (bicyclic) bond motifs is 1. The largest absolute Gasteiger partial charge is 0.497 e. The van der Waals surface area contributed by atoms with Crippen molar-refractivity contribution in [1.82, 2.24) is 4.98 Å². The van der Waals surface area contributed by atoms with Crippen molar-refractivity contribution in [2.45, 2.75) is 6.92 Å². The first-order valence-electron chi connectivity index (χ1n) is 9.62. The van der Waals surface area contributed by atoms with E-state index in [1.165, 1.54) is 0 Å². The van der Waals surface area contributed by atoms with Crippen molar-refractivity contribution < 1.29 is 14.3 Å². The number of nitrogens with one attached hydrogen (secondary N) is 1. The van der Waals surface area contributed by atoms with E-state index in [1.54, 1.807) is 62.6 Å². The van der Waals surface area contributed by atoms with Gasteiger partial charge < -0.3 is 10.1 Å². The summed E-state index contributed by atoms with van der Waals surface area (Å²) >= 11 is 6.13. The van der Waals surface area contributed by atoms with Gasteiger partial charge in [-0.1, -0.05) is 41.9 Å². The number of nitrogens with zero attached hydrogens (tertiary/aromatic N) is 1. The van der Waals surface area contributed by atoms with Crippen LogP contribution in [0.15, 0.2) is 72.8 Å². The van der Waals surface area contributed by atoms with Gasteiger partial charge in [0.05, 0.1) is 29.6 Å². The molecular weight excluding hydrogens is 412 g/mol. The number of pyridine rings is 1. The van der Waals surface area contributed by atoms with Crippen LogP contribution in [0.5, 0.6) is 5.75 Å². The van der Waals surface area contributed by atoms with Crippen molar-refractivity contribution in [3.8, 4) is 5.75 Å². The second-order valence-corrected chi connectivity index (χ2v) is 7.46. The highest BCUT2D eigenvalue weighted by molar-refractivity contribution is 6.31. The van der Waals surface area contributed by atoms with Crippen molar-refractivity contribution in [2.75, 3.05) is 12.4 Å². The van der Waals surface area contributed by atoms with Crippen LogP contribution in [0, 0.1) is 6.92 Å². The third-order valence-electron chi connectivity index (χ3n) is 4.97. The molecule has 3 aromatic carbocycles. The lowest BCUT2D eigenvalue weighted by atomic mass is 10.0. The number of rotatable bonds is 5. The fraction of sp³-hybridized carbons (Fsp3) is 0.0800. The van der Waals surface area contributed by atoms with Crippen LogP contribution in [-0.4, -0.2) is 23.8 Å². The molecular formula is C25H19ClN2O3. The van der Waals surface area contributed by atoms with E-state index in [4.69, 9.17) is 16.3 Å². The number of aryl methyl sites for hydroxylation is 1. The van der Waals surface area contributed by atoms with Gasteiger partial charge in [-0.05, 0) is 43.3 Å². The Morgan fingerprint density at radius 2 is 1.71 bits per heavy atom. The molecule has 0 aliphatic heterocycles. The summed E-state index contributed by atoms with van der Waals surface area (Å²) in [5, 5.41) is 4.07. The molecule has 154 valence electrons. The zero-order valence-corrected chi connectivity index (χ0v) is 17.7. The highest BCUT2D eigenvalue weighted by atomic mass is 35.5. The minimum atomic E-state index is -0.354. The number of hydrogen-bond donors (Lipinski definition) is 1. The second kappa shape index (κ2) is 8.58. The van der Waals surface area contributed by atoms with E-state index in [1.807, 2.05) is 24.3 Å². The molecule has 5 nitrogen and oxygen atoms in total. The number of amides is 1. The molecule has 0 fully saturated rings. The number of ketones is 1. The summed E-state index contributed by atoms with van der Waals surface area (Å²) in [6, 6.07) is 20.9. The van der Waals surface area contributed by atoms with Crippen molar-refractivity contribution in [3.63, 3.8) is 0 Å². The van der Waals surface area contributed by atoms with Crippen LogP contribution in [0.25, 0.3) is 10.9 Å². The van der Waals surface area contributed by atoms with E-state index in [2.05, 4.69) is 10.3 Å². The summed E-state index contributed by atoms with van der Waals surface area (Å²) in [5.41, 5.74) is 2.95. The predicted octanol–water partition coefficient (Wildman–Crippen LogP) is 5.69. The standard InChI is InChI=1S/C25H19ClN2O3/c1-15-20(12-17-8-10-19(31-2)14-23(17)27-15)25(30)28-22-11-9-18(26)13-21(22)24(29)16-6-4-3-5-7-16/h3-14H,1-2H3,(H,28,30). The number of hydrogen-bond acceptors (Lipinski definition) is 4. The van der Waals surface area contributed by atoms with Crippen molar-refractivity contribution >= 4 is 39.9 Å². The molecule has 0 aliphatic carbocycles. The van der Waals surface area contributed by atoms with Gasteiger partial charge in [-0.15, -0.1) is 0 Å². The molecule has 4 aromatic rings. The normalized spacial score (nSPS) is 10.7. The first-order valence-corrected chi connectivity index (χ1v) is 10.00. The second-order valence-electron chi connectivity index (χ2n) is 7.02. The molecule has 0 radical (unpaired) electrons. The van der Waals surface area contributed by atoms with Crippen LogP contribution in [0.4, 0.5) is 5.69 Å². The van der Waals surface area contributed by atoms with E-state index in [9.17, 15) is 9.59 Å². The lowest BCUT2D eigenvalue weighted by molar-refractivity contribution is 0.102. The molecule has 6 heteroatoms. The van der Waals surface area contributed by atoms with Crippen LogP contribution in [0.2, 0.25) is 5.02 Å². The maximum absolute atomic E-state index is 13.1. The molecule has 0 bridgehead atoms. The smallest absolute Gasteiger partial charge is 0.257 e. The van der Waals surface area contributed by atoms with E-state index >= 15 is 0 Å². The van der Waals surface area contributed by atoms with E-state index in [-0.39, 0.29) is 11.7 Å². The fourth-order valence-electron chi connectivity index (χ4n) is 3.35. The molecule has 31 heavy (non-hydrogen) atoms. The summed E-state index contributed by atoms with van der Waals surface area (Å²) in [6.07, 6.45) is 0. The molecule has 0 atom stereocenters. The quantitative estimate of drug-likeness (QED) is 0.413. The van der Waals surface area contributed by atoms with E-state index in [0.717, 1.165) is 10.9 Å². The molecule has 0 saturated carbocycles. The van der Waals surface area contributed by atoms with Crippen LogP contribution < -0.4 is 10.1 Å². The average Bonchev–Trinajstić information content (AvgIpc) is 2.79. The highest BCUT2D eigenvalue weighted by Crippen LogP contribution is 2.26. The number of carbonyl (C=O) groups is 2. The summed E-state index contributed by atoms with van der Waals surface area (Å²) in [7, 11) is 1.59. The zero-order valence-electron chi connectivity index (χ0n) is 17.0. The number of anilines is 1. The van der Waals surface area contributed by atoms with Gasteiger partial charge >= 0.3 is 0 Å². The number of halogens is 1. The Morgan fingerprint density at radius 3 is 2.45 bits per heavy atom. The van der Waals surface area contributed by atoms with Crippen LogP contribution in [0.1, 0.15) is 32.0 Å². The third-order valence-corrected chi connectivity index (χ3v) is 5.21. The van der Waals surface area contributed by atoms with Crippen LogP contribution >= 0.6 is 11.6 Å². The first kappa shape index (κ1) is 20.6.